The first kappa shape index (κ1) is 25.8. The lowest BCUT2D eigenvalue weighted by Crippen LogP contribution is -2.08. The van der Waals surface area contributed by atoms with E-state index in [1.807, 2.05) is 24.3 Å². The van der Waals surface area contributed by atoms with Crippen molar-refractivity contribution >= 4 is 0 Å². The highest BCUT2D eigenvalue weighted by Crippen LogP contribution is 2.22. The molecule has 3 rings (SSSR count). The molecule has 0 aliphatic carbocycles. The Balaban J connectivity index is 0.000000384. The van der Waals surface area contributed by atoms with Gasteiger partial charge in [0.25, 0.3) is 0 Å². The third-order valence-corrected chi connectivity index (χ3v) is 4.03. The second kappa shape index (κ2) is 10.4. The van der Waals surface area contributed by atoms with Crippen LogP contribution in [0.4, 0.5) is 0 Å². The molecule has 3 heterocycles. The zero-order valence-corrected chi connectivity index (χ0v) is 18.4. The zero-order chi connectivity index (χ0) is 20.7. The van der Waals surface area contributed by atoms with Crippen molar-refractivity contribution in [3.05, 3.63) is 72.5 Å². The molecule has 3 nitrogen and oxygen atoms in total. The van der Waals surface area contributed by atoms with Gasteiger partial charge in [0.2, 0.25) is 0 Å². The predicted molar refractivity (Wildman–Crippen MR) is 119 cm³/mol. The molecule has 0 aromatic carbocycles. The first-order valence-electron chi connectivity index (χ1n) is 9.41. The largest absolute Gasteiger partial charge is 0.472 e. The second-order valence-corrected chi connectivity index (χ2v) is 9.75. The average molecular weight is 389 g/mol. The molecule has 0 spiro atoms. The fourth-order valence-electron chi connectivity index (χ4n) is 2.09. The van der Waals surface area contributed by atoms with Gasteiger partial charge in [-0.3, -0.25) is 0 Å². The van der Waals surface area contributed by atoms with Crippen LogP contribution in [0.15, 0.2) is 68.8 Å². The molecule has 0 saturated heterocycles. The van der Waals surface area contributed by atoms with Crippen LogP contribution < -0.4 is 0 Å². The lowest BCUT2D eigenvalue weighted by Gasteiger charge is -2.14. The maximum Gasteiger partial charge on any atom is 0.109 e. The molecule has 0 atom stereocenters. The van der Waals surface area contributed by atoms with E-state index >= 15 is 0 Å². The van der Waals surface area contributed by atoms with Gasteiger partial charge < -0.3 is 13.3 Å². The Hall–Kier alpha value is -2.16. The number of hydrogen-bond donors (Lipinski definition) is 0. The molecule has 0 fully saturated rings. The van der Waals surface area contributed by atoms with Crippen molar-refractivity contribution in [2.45, 2.75) is 86.0 Å². The van der Waals surface area contributed by atoms with Gasteiger partial charge in [-0.15, -0.1) is 0 Å². The molecule has 0 radical (unpaired) electrons. The lowest BCUT2D eigenvalue weighted by atomic mass is 9.89. The van der Waals surface area contributed by atoms with Gasteiger partial charge in [-0.05, 0) is 46.2 Å². The van der Waals surface area contributed by atoms with Gasteiger partial charge in [-0.2, -0.15) is 0 Å². The van der Waals surface area contributed by atoms with Crippen LogP contribution in [0.3, 0.4) is 0 Å². The Kier molecular flexibility index (Phi) is 9.60. The van der Waals surface area contributed by atoms with Crippen LogP contribution in [0.2, 0.25) is 0 Å². The Morgan fingerprint density at radius 2 is 1.00 bits per heavy atom. The van der Waals surface area contributed by atoms with E-state index in [9.17, 15) is 0 Å². The standard InChI is InChI=1S/3C8H12O.CH4/c2*1-8(2,3)7-4-5-9-6-7;1-8(2,3)7-5-4-6-9-7;/h3*4-6H,1-3H3;1H4. The monoisotopic (exact) mass is 388 g/mol. The minimum atomic E-state index is 0. The van der Waals surface area contributed by atoms with Gasteiger partial charge in [0, 0.05) is 5.41 Å². The minimum absolute atomic E-state index is 0. The summed E-state index contributed by atoms with van der Waals surface area (Å²) in [6.45, 7) is 19.4. The first-order valence-corrected chi connectivity index (χ1v) is 9.41. The summed E-state index contributed by atoms with van der Waals surface area (Å²) in [6.07, 6.45) is 8.71. The summed E-state index contributed by atoms with van der Waals surface area (Å²) in [5, 5.41) is 0. The van der Waals surface area contributed by atoms with E-state index in [0.717, 1.165) is 5.76 Å². The van der Waals surface area contributed by atoms with E-state index in [1.165, 1.54) is 11.1 Å². The van der Waals surface area contributed by atoms with Gasteiger partial charge in [-0.1, -0.05) is 69.7 Å². The first-order chi connectivity index (χ1) is 12.3. The fourth-order valence-corrected chi connectivity index (χ4v) is 2.09. The predicted octanol–water partition coefficient (Wildman–Crippen LogP) is 8.37. The molecular formula is C25H40O3. The van der Waals surface area contributed by atoms with Crippen molar-refractivity contribution in [3.8, 4) is 0 Å². The zero-order valence-electron chi connectivity index (χ0n) is 18.4. The van der Waals surface area contributed by atoms with Crippen LogP contribution in [0, 0.1) is 0 Å². The Morgan fingerprint density at radius 1 is 0.571 bits per heavy atom. The molecule has 0 saturated carbocycles. The third-order valence-electron chi connectivity index (χ3n) is 4.03. The van der Waals surface area contributed by atoms with Crippen LogP contribution in [-0.4, -0.2) is 0 Å². The third kappa shape index (κ3) is 9.16. The highest BCUT2D eigenvalue weighted by Gasteiger charge is 2.15. The van der Waals surface area contributed by atoms with Crippen LogP contribution in [0.25, 0.3) is 0 Å². The minimum Gasteiger partial charge on any atom is -0.472 e. The maximum absolute atomic E-state index is 5.20. The summed E-state index contributed by atoms with van der Waals surface area (Å²) in [5.74, 6) is 1.04. The smallest absolute Gasteiger partial charge is 0.109 e. The second-order valence-electron chi connectivity index (χ2n) is 9.75. The topological polar surface area (TPSA) is 39.4 Å². The maximum atomic E-state index is 5.20. The summed E-state index contributed by atoms with van der Waals surface area (Å²) in [5.41, 5.74) is 3.12. The van der Waals surface area contributed by atoms with Gasteiger partial charge in [0.15, 0.2) is 0 Å². The van der Waals surface area contributed by atoms with Crippen LogP contribution >= 0.6 is 0 Å². The van der Waals surface area contributed by atoms with Crippen molar-refractivity contribution in [2.24, 2.45) is 0 Å². The molecule has 3 heteroatoms. The number of hydrogen-bond acceptors (Lipinski definition) is 3. The average Bonchev–Trinajstić information content (AvgIpc) is 3.28. The van der Waals surface area contributed by atoms with Gasteiger partial charge in [0.05, 0.1) is 31.3 Å². The Morgan fingerprint density at radius 3 is 1.14 bits per heavy atom. The highest BCUT2D eigenvalue weighted by atomic mass is 16.3. The van der Waals surface area contributed by atoms with Crippen LogP contribution in [0.5, 0.6) is 0 Å². The number of rotatable bonds is 0. The van der Waals surface area contributed by atoms with Crippen molar-refractivity contribution in [1.82, 2.24) is 0 Å². The summed E-state index contributed by atoms with van der Waals surface area (Å²) in [6, 6.07) is 7.92. The molecule has 0 aliphatic rings. The summed E-state index contributed by atoms with van der Waals surface area (Å²) in [7, 11) is 0. The molecule has 0 aliphatic heterocycles. The summed E-state index contributed by atoms with van der Waals surface area (Å²) in [4.78, 5) is 0. The molecule has 28 heavy (non-hydrogen) atoms. The molecule has 0 N–H and O–H groups in total. The van der Waals surface area contributed by atoms with Crippen LogP contribution in [-0.2, 0) is 16.2 Å². The summed E-state index contributed by atoms with van der Waals surface area (Å²) >= 11 is 0. The molecule has 0 amide bonds. The molecule has 0 bridgehead atoms. The SMILES string of the molecule is C.CC(C)(C)c1ccco1.CC(C)(C)c1ccoc1.CC(C)(C)c1ccoc1. The van der Waals surface area contributed by atoms with Crippen molar-refractivity contribution < 1.29 is 13.3 Å². The van der Waals surface area contributed by atoms with E-state index in [1.54, 1.807) is 31.3 Å². The van der Waals surface area contributed by atoms with Gasteiger partial charge in [-0.25, -0.2) is 0 Å². The summed E-state index contributed by atoms with van der Waals surface area (Å²) < 4.78 is 15.1. The van der Waals surface area contributed by atoms with Crippen LogP contribution in [0.1, 0.15) is 86.6 Å². The molecule has 3 aromatic heterocycles. The van der Waals surface area contributed by atoms with Gasteiger partial charge >= 0.3 is 0 Å². The molecular weight excluding hydrogens is 348 g/mol. The van der Waals surface area contributed by atoms with E-state index < -0.39 is 0 Å². The van der Waals surface area contributed by atoms with Gasteiger partial charge in [0.1, 0.15) is 5.76 Å². The quantitative estimate of drug-likeness (QED) is 0.388. The Bertz CT molecular complexity index is 606. The van der Waals surface area contributed by atoms with E-state index in [0.29, 0.717) is 0 Å². The number of furan rings is 3. The lowest BCUT2D eigenvalue weighted by molar-refractivity contribution is 0.409. The Labute approximate surface area is 172 Å². The molecule has 0 unspecified atom stereocenters. The van der Waals surface area contributed by atoms with E-state index in [4.69, 9.17) is 13.3 Å². The molecule has 158 valence electrons. The normalized spacial score (nSPS) is 11.5. The molecule has 3 aromatic rings. The highest BCUT2D eigenvalue weighted by molar-refractivity contribution is 5.16. The van der Waals surface area contributed by atoms with E-state index in [-0.39, 0.29) is 23.7 Å². The fraction of sp³-hybridized carbons (Fsp3) is 0.520. The van der Waals surface area contributed by atoms with Crippen molar-refractivity contribution in [3.63, 3.8) is 0 Å². The van der Waals surface area contributed by atoms with E-state index in [2.05, 4.69) is 62.3 Å². The van der Waals surface area contributed by atoms with Crippen molar-refractivity contribution in [1.29, 1.82) is 0 Å². The van der Waals surface area contributed by atoms with Crippen molar-refractivity contribution in [2.75, 3.05) is 0 Å².